The number of piperidine rings is 1. The average Bonchev–Trinajstić information content (AvgIpc) is 1.98. The van der Waals surface area contributed by atoms with Gasteiger partial charge < -0.3 is 5.11 Å². The van der Waals surface area contributed by atoms with Crippen molar-refractivity contribution in [3.05, 3.63) is 0 Å². The van der Waals surface area contributed by atoms with Crippen LogP contribution in [-0.4, -0.2) is 41.9 Å². The molecule has 0 aromatic heterocycles. The van der Waals surface area contributed by atoms with E-state index in [2.05, 4.69) is 0 Å². The van der Waals surface area contributed by atoms with Gasteiger partial charge in [-0.3, -0.25) is 4.90 Å². The van der Waals surface area contributed by atoms with Crippen LogP contribution in [0, 0.1) is 11.3 Å². The first-order chi connectivity index (χ1) is 5.24. The van der Waals surface area contributed by atoms with Crippen molar-refractivity contribution in [3.63, 3.8) is 0 Å². The van der Waals surface area contributed by atoms with Crippen molar-refractivity contribution in [2.75, 3.05) is 19.6 Å². The molecule has 1 rings (SSSR count). The van der Waals surface area contributed by atoms with Gasteiger partial charge in [-0.2, -0.15) is 5.26 Å². The third-order valence-electron chi connectivity index (χ3n) is 1.89. The first-order valence-electron chi connectivity index (χ1n) is 3.65. The average molecular weight is 158 g/mol. The Balaban J connectivity index is 2.35. The molecule has 1 fully saturated rings. The number of likely N-dealkylation sites (tertiary alicyclic amines) is 1. The Bertz CT molecular complexity index is 168. The first kappa shape index (κ1) is 8.44. The van der Waals surface area contributed by atoms with Crippen LogP contribution in [0.2, 0.25) is 0 Å². The molecule has 0 aliphatic carbocycles. The van der Waals surface area contributed by atoms with Crippen molar-refractivity contribution in [3.8, 4) is 6.07 Å². The first-order valence-corrected chi connectivity index (χ1v) is 3.65. The van der Waals surface area contributed by atoms with Crippen molar-refractivity contribution in [2.45, 2.75) is 18.7 Å². The molecular formula is C7H11FN2O. The summed E-state index contributed by atoms with van der Waals surface area (Å²) in [6, 6.07) is 1.95. The molecule has 1 aliphatic rings. The highest BCUT2D eigenvalue weighted by Gasteiger charge is 2.26. The normalized spacial score (nSPS) is 33.2. The van der Waals surface area contributed by atoms with E-state index in [0.29, 0.717) is 13.0 Å². The molecule has 0 radical (unpaired) electrons. The minimum atomic E-state index is -1.18. The van der Waals surface area contributed by atoms with Gasteiger partial charge in [-0.1, -0.05) is 0 Å². The molecule has 1 heterocycles. The maximum absolute atomic E-state index is 12.7. The second-order valence-corrected chi connectivity index (χ2v) is 2.77. The summed E-state index contributed by atoms with van der Waals surface area (Å²) in [7, 11) is 0. The molecule has 0 aromatic carbocycles. The van der Waals surface area contributed by atoms with Crippen LogP contribution >= 0.6 is 0 Å². The Morgan fingerprint density at radius 2 is 2.45 bits per heavy atom. The van der Waals surface area contributed by atoms with Gasteiger partial charge in [0.1, 0.15) is 6.17 Å². The van der Waals surface area contributed by atoms with Crippen LogP contribution in [0.5, 0.6) is 0 Å². The topological polar surface area (TPSA) is 47.3 Å². The lowest BCUT2D eigenvalue weighted by Crippen LogP contribution is -2.44. The van der Waals surface area contributed by atoms with E-state index >= 15 is 0 Å². The van der Waals surface area contributed by atoms with Crippen LogP contribution in [0.3, 0.4) is 0 Å². The number of rotatable bonds is 1. The van der Waals surface area contributed by atoms with Crippen LogP contribution in [0.15, 0.2) is 0 Å². The standard InChI is InChI=1S/C7H11FN2O/c8-6-5-10(4-2-9)3-1-7(6)11/h6-7,11H,1,3-5H2. The highest BCUT2D eigenvalue weighted by Crippen LogP contribution is 2.12. The molecule has 11 heavy (non-hydrogen) atoms. The summed E-state index contributed by atoms with van der Waals surface area (Å²) < 4.78 is 12.7. The van der Waals surface area contributed by atoms with E-state index in [4.69, 9.17) is 10.4 Å². The molecule has 2 atom stereocenters. The maximum Gasteiger partial charge on any atom is 0.139 e. The van der Waals surface area contributed by atoms with E-state index in [0.717, 1.165) is 0 Å². The van der Waals surface area contributed by atoms with Crippen molar-refractivity contribution in [1.29, 1.82) is 5.26 Å². The Morgan fingerprint density at radius 1 is 1.73 bits per heavy atom. The summed E-state index contributed by atoms with van der Waals surface area (Å²) in [5.41, 5.74) is 0. The smallest absolute Gasteiger partial charge is 0.139 e. The van der Waals surface area contributed by atoms with Gasteiger partial charge in [-0.15, -0.1) is 0 Å². The quantitative estimate of drug-likeness (QED) is 0.543. The van der Waals surface area contributed by atoms with Gasteiger partial charge in [-0.05, 0) is 6.42 Å². The highest BCUT2D eigenvalue weighted by molar-refractivity contribution is 4.84. The number of aliphatic hydroxyl groups is 1. The lowest BCUT2D eigenvalue weighted by molar-refractivity contribution is 0.0108. The number of aliphatic hydroxyl groups excluding tert-OH is 1. The van der Waals surface area contributed by atoms with Crippen LogP contribution in [0.25, 0.3) is 0 Å². The Labute approximate surface area is 65.0 Å². The second-order valence-electron chi connectivity index (χ2n) is 2.77. The summed E-state index contributed by atoms with van der Waals surface area (Å²) in [5.74, 6) is 0. The van der Waals surface area contributed by atoms with E-state index in [-0.39, 0.29) is 13.1 Å². The summed E-state index contributed by atoms with van der Waals surface area (Å²) in [6.07, 6.45) is -1.58. The van der Waals surface area contributed by atoms with Crippen molar-refractivity contribution in [1.82, 2.24) is 4.90 Å². The number of halogens is 1. The minimum Gasteiger partial charge on any atom is -0.390 e. The molecule has 3 nitrogen and oxygen atoms in total. The summed E-state index contributed by atoms with van der Waals surface area (Å²) in [5, 5.41) is 17.3. The molecule has 0 spiro atoms. The van der Waals surface area contributed by atoms with E-state index < -0.39 is 12.3 Å². The zero-order chi connectivity index (χ0) is 8.27. The SMILES string of the molecule is N#CCN1CCC(O)C(F)C1. The van der Waals surface area contributed by atoms with Crippen LogP contribution in [-0.2, 0) is 0 Å². The van der Waals surface area contributed by atoms with E-state index in [9.17, 15) is 4.39 Å². The monoisotopic (exact) mass is 158 g/mol. The molecule has 0 bridgehead atoms. The summed E-state index contributed by atoms with van der Waals surface area (Å²) in [4.78, 5) is 1.71. The zero-order valence-electron chi connectivity index (χ0n) is 6.20. The number of alkyl halides is 1. The largest absolute Gasteiger partial charge is 0.390 e. The molecule has 1 aliphatic heterocycles. The maximum atomic E-state index is 12.7. The Morgan fingerprint density at radius 3 is 3.00 bits per heavy atom. The van der Waals surface area contributed by atoms with Crippen molar-refractivity contribution < 1.29 is 9.50 Å². The van der Waals surface area contributed by atoms with Gasteiger partial charge in [0.2, 0.25) is 0 Å². The molecule has 0 aromatic rings. The summed E-state index contributed by atoms with van der Waals surface area (Å²) >= 11 is 0. The lowest BCUT2D eigenvalue weighted by atomic mass is 10.1. The van der Waals surface area contributed by atoms with Crippen molar-refractivity contribution in [2.24, 2.45) is 0 Å². The van der Waals surface area contributed by atoms with Gasteiger partial charge in [0.25, 0.3) is 0 Å². The summed E-state index contributed by atoms with van der Waals surface area (Å²) in [6.45, 7) is 1.07. The second kappa shape index (κ2) is 3.65. The predicted molar refractivity (Wildman–Crippen MR) is 37.6 cm³/mol. The van der Waals surface area contributed by atoms with Gasteiger partial charge in [0, 0.05) is 13.1 Å². The fourth-order valence-electron chi connectivity index (χ4n) is 1.20. The lowest BCUT2D eigenvalue weighted by Gasteiger charge is -2.30. The third-order valence-corrected chi connectivity index (χ3v) is 1.89. The van der Waals surface area contributed by atoms with E-state index in [1.165, 1.54) is 0 Å². The molecule has 4 heteroatoms. The number of nitrogens with zero attached hydrogens (tertiary/aromatic N) is 2. The molecule has 1 saturated heterocycles. The van der Waals surface area contributed by atoms with Gasteiger partial charge >= 0.3 is 0 Å². The third kappa shape index (κ3) is 2.14. The molecule has 0 saturated carbocycles. The number of hydrogen-bond donors (Lipinski definition) is 1. The Kier molecular flexibility index (Phi) is 2.80. The fraction of sp³-hybridized carbons (Fsp3) is 0.857. The molecular weight excluding hydrogens is 147 g/mol. The molecule has 0 amide bonds. The number of nitriles is 1. The van der Waals surface area contributed by atoms with Crippen LogP contribution in [0.4, 0.5) is 4.39 Å². The number of hydrogen-bond acceptors (Lipinski definition) is 3. The van der Waals surface area contributed by atoms with Gasteiger partial charge in [0.15, 0.2) is 0 Å². The molecule has 2 unspecified atom stereocenters. The molecule has 1 N–H and O–H groups in total. The zero-order valence-corrected chi connectivity index (χ0v) is 6.20. The Hall–Kier alpha value is -0.660. The van der Waals surface area contributed by atoms with Crippen LogP contribution in [0.1, 0.15) is 6.42 Å². The van der Waals surface area contributed by atoms with Gasteiger partial charge in [-0.25, -0.2) is 4.39 Å². The van der Waals surface area contributed by atoms with Gasteiger partial charge in [0.05, 0.1) is 18.7 Å². The van der Waals surface area contributed by atoms with Crippen LogP contribution < -0.4 is 0 Å². The van der Waals surface area contributed by atoms with Crippen molar-refractivity contribution >= 4 is 0 Å². The highest BCUT2D eigenvalue weighted by atomic mass is 19.1. The predicted octanol–water partition coefficient (Wildman–Crippen LogP) is -0.0853. The molecule has 62 valence electrons. The minimum absolute atomic E-state index is 0.189. The fourth-order valence-corrected chi connectivity index (χ4v) is 1.20. The van der Waals surface area contributed by atoms with E-state index in [1.54, 1.807) is 4.90 Å². The van der Waals surface area contributed by atoms with E-state index in [1.807, 2.05) is 6.07 Å².